The molecule has 0 saturated carbocycles. The lowest BCUT2D eigenvalue weighted by Gasteiger charge is -2.13. The second-order valence-electron chi connectivity index (χ2n) is 2.96. The number of hydrogen-bond acceptors (Lipinski definition) is 6. The first kappa shape index (κ1) is 10.4. The quantitative estimate of drug-likeness (QED) is 0.459. The van der Waals surface area contributed by atoms with Gasteiger partial charge in [0.15, 0.2) is 5.96 Å². The molecule has 1 atom stereocenters. The van der Waals surface area contributed by atoms with Crippen molar-refractivity contribution in [1.29, 1.82) is 5.41 Å². The molecule has 0 fully saturated rings. The standard InChI is InChI=1S/C8H13N5O/c1-5(14)2-6(3-9)7-11-4-12-8(10)13-7/h3-5,9,14H,2H2,1H3,(H3,10,11,12,13)/b7-6-,9-3?. The lowest BCUT2D eigenvalue weighted by Crippen LogP contribution is -2.33. The van der Waals surface area contributed by atoms with Crippen molar-refractivity contribution in [1.82, 2.24) is 5.32 Å². The van der Waals surface area contributed by atoms with Crippen LogP contribution in [0.2, 0.25) is 0 Å². The Kier molecular flexibility index (Phi) is 3.35. The van der Waals surface area contributed by atoms with Crippen LogP contribution in [0.25, 0.3) is 0 Å². The molecule has 1 unspecified atom stereocenters. The average molecular weight is 195 g/mol. The number of hydrogen-bond donors (Lipinski definition) is 4. The van der Waals surface area contributed by atoms with E-state index in [1.165, 1.54) is 6.34 Å². The van der Waals surface area contributed by atoms with E-state index in [4.69, 9.17) is 11.1 Å². The molecule has 14 heavy (non-hydrogen) atoms. The van der Waals surface area contributed by atoms with Crippen LogP contribution in [0.1, 0.15) is 13.3 Å². The molecule has 1 rings (SSSR count). The molecular formula is C8H13N5O. The van der Waals surface area contributed by atoms with Crippen molar-refractivity contribution in [2.24, 2.45) is 15.7 Å². The minimum Gasteiger partial charge on any atom is -0.393 e. The van der Waals surface area contributed by atoms with Crippen molar-refractivity contribution in [2.75, 3.05) is 0 Å². The lowest BCUT2D eigenvalue weighted by atomic mass is 10.1. The number of rotatable bonds is 3. The van der Waals surface area contributed by atoms with Gasteiger partial charge in [-0.2, -0.15) is 0 Å². The summed E-state index contributed by atoms with van der Waals surface area (Å²) < 4.78 is 0. The van der Waals surface area contributed by atoms with E-state index in [9.17, 15) is 5.11 Å². The van der Waals surface area contributed by atoms with Crippen LogP contribution >= 0.6 is 0 Å². The molecule has 1 heterocycles. The maximum absolute atomic E-state index is 9.17. The van der Waals surface area contributed by atoms with Gasteiger partial charge < -0.3 is 21.6 Å². The van der Waals surface area contributed by atoms with Crippen molar-refractivity contribution in [3.63, 3.8) is 0 Å². The van der Waals surface area contributed by atoms with Crippen LogP contribution in [0.4, 0.5) is 0 Å². The molecule has 0 amide bonds. The summed E-state index contributed by atoms with van der Waals surface area (Å²) in [6.07, 6.45) is 2.30. The highest BCUT2D eigenvalue weighted by Crippen LogP contribution is 2.09. The third-order valence-electron chi connectivity index (χ3n) is 1.62. The van der Waals surface area contributed by atoms with Crippen LogP contribution in [0.5, 0.6) is 0 Å². The van der Waals surface area contributed by atoms with Gasteiger partial charge in [-0.05, 0) is 6.92 Å². The van der Waals surface area contributed by atoms with E-state index in [0.29, 0.717) is 17.8 Å². The van der Waals surface area contributed by atoms with Gasteiger partial charge in [-0.1, -0.05) is 0 Å². The Morgan fingerprint density at radius 1 is 1.86 bits per heavy atom. The van der Waals surface area contributed by atoms with Gasteiger partial charge in [-0.3, -0.25) is 0 Å². The van der Waals surface area contributed by atoms with E-state index in [1.54, 1.807) is 6.92 Å². The summed E-state index contributed by atoms with van der Waals surface area (Å²) in [6, 6.07) is 0. The van der Waals surface area contributed by atoms with Gasteiger partial charge in [0.1, 0.15) is 12.2 Å². The molecule has 0 aliphatic carbocycles. The molecule has 0 aromatic carbocycles. The fraction of sp³-hybridized carbons (Fsp3) is 0.375. The monoisotopic (exact) mass is 195 g/mol. The predicted octanol–water partition coefficient (Wildman–Crippen LogP) is -0.435. The molecule has 76 valence electrons. The maximum Gasteiger partial charge on any atom is 0.200 e. The molecule has 0 aromatic rings. The normalized spacial score (nSPS) is 20.9. The fourth-order valence-electron chi connectivity index (χ4n) is 1.04. The molecule has 1 aliphatic heterocycles. The van der Waals surface area contributed by atoms with Crippen molar-refractivity contribution in [3.8, 4) is 0 Å². The van der Waals surface area contributed by atoms with Gasteiger partial charge >= 0.3 is 0 Å². The first-order valence-corrected chi connectivity index (χ1v) is 4.18. The molecule has 0 spiro atoms. The summed E-state index contributed by atoms with van der Waals surface area (Å²) in [7, 11) is 0. The van der Waals surface area contributed by atoms with Gasteiger partial charge in [0.25, 0.3) is 0 Å². The lowest BCUT2D eigenvalue weighted by molar-refractivity contribution is 0.196. The summed E-state index contributed by atoms with van der Waals surface area (Å²) in [5.41, 5.74) is 6.02. The second-order valence-corrected chi connectivity index (χ2v) is 2.96. The third kappa shape index (κ3) is 2.67. The first-order chi connectivity index (χ1) is 6.63. The Morgan fingerprint density at radius 3 is 3.07 bits per heavy atom. The van der Waals surface area contributed by atoms with Crippen LogP contribution in [-0.2, 0) is 0 Å². The summed E-state index contributed by atoms with van der Waals surface area (Å²) in [5, 5.41) is 19.1. The molecule has 6 nitrogen and oxygen atoms in total. The van der Waals surface area contributed by atoms with E-state index in [-0.39, 0.29) is 5.96 Å². The minimum atomic E-state index is -0.517. The van der Waals surface area contributed by atoms with Gasteiger partial charge in [0, 0.05) is 18.2 Å². The number of guanidine groups is 1. The largest absolute Gasteiger partial charge is 0.393 e. The van der Waals surface area contributed by atoms with Crippen LogP contribution in [0, 0.1) is 5.41 Å². The molecular weight excluding hydrogens is 182 g/mol. The topological polar surface area (TPSA) is 107 Å². The minimum absolute atomic E-state index is 0.236. The van der Waals surface area contributed by atoms with Crippen LogP contribution in [-0.4, -0.2) is 29.7 Å². The van der Waals surface area contributed by atoms with Crippen LogP contribution in [0.3, 0.4) is 0 Å². The number of nitrogens with zero attached hydrogens (tertiary/aromatic N) is 2. The zero-order chi connectivity index (χ0) is 10.6. The SMILES string of the molecule is CC(O)C/C(C=N)=C1\N=CN=C(N)N1. The third-order valence-corrected chi connectivity index (χ3v) is 1.62. The fourth-order valence-corrected chi connectivity index (χ4v) is 1.04. The van der Waals surface area contributed by atoms with Crippen LogP contribution < -0.4 is 11.1 Å². The van der Waals surface area contributed by atoms with Crippen molar-refractivity contribution in [2.45, 2.75) is 19.4 Å². The smallest absolute Gasteiger partial charge is 0.200 e. The van der Waals surface area contributed by atoms with Gasteiger partial charge in [-0.15, -0.1) is 0 Å². The zero-order valence-corrected chi connectivity index (χ0v) is 7.86. The van der Waals surface area contributed by atoms with E-state index in [0.717, 1.165) is 6.21 Å². The summed E-state index contributed by atoms with van der Waals surface area (Å²) in [5.74, 6) is 0.702. The van der Waals surface area contributed by atoms with Crippen molar-refractivity contribution in [3.05, 3.63) is 11.4 Å². The Hall–Kier alpha value is -1.69. The Bertz CT molecular complexity index is 316. The molecule has 0 radical (unpaired) electrons. The summed E-state index contributed by atoms with van der Waals surface area (Å²) in [4.78, 5) is 7.61. The zero-order valence-electron chi connectivity index (χ0n) is 7.86. The molecule has 0 bridgehead atoms. The van der Waals surface area contributed by atoms with E-state index in [2.05, 4.69) is 15.3 Å². The Balaban J connectivity index is 2.85. The number of nitrogens with two attached hydrogens (primary N) is 1. The molecule has 0 saturated heterocycles. The van der Waals surface area contributed by atoms with E-state index >= 15 is 0 Å². The second kappa shape index (κ2) is 4.52. The molecule has 6 heteroatoms. The number of aliphatic hydroxyl groups is 1. The highest BCUT2D eigenvalue weighted by molar-refractivity contribution is 5.91. The van der Waals surface area contributed by atoms with E-state index in [1.807, 2.05) is 0 Å². The van der Waals surface area contributed by atoms with Gasteiger partial charge in [0.05, 0.1) is 6.10 Å². The highest BCUT2D eigenvalue weighted by atomic mass is 16.3. The summed E-state index contributed by atoms with van der Waals surface area (Å²) in [6.45, 7) is 1.65. The highest BCUT2D eigenvalue weighted by Gasteiger charge is 2.09. The first-order valence-electron chi connectivity index (χ1n) is 4.18. The Labute approximate surface area is 81.8 Å². The maximum atomic E-state index is 9.17. The van der Waals surface area contributed by atoms with Crippen LogP contribution in [0.15, 0.2) is 21.4 Å². The van der Waals surface area contributed by atoms with Crippen molar-refractivity contribution >= 4 is 18.5 Å². The Morgan fingerprint density at radius 2 is 2.57 bits per heavy atom. The number of aliphatic imine (C=N–C) groups is 2. The van der Waals surface area contributed by atoms with Gasteiger partial charge in [-0.25, -0.2) is 9.98 Å². The average Bonchev–Trinajstić information content (AvgIpc) is 2.14. The number of nitrogens with one attached hydrogen (secondary N) is 2. The number of aliphatic hydroxyl groups excluding tert-OH is 1. The van der Waals surface area contributed by atoms with E-state index < -0.39 is 6.10 Å². The molecule has 0 aromatic heterocycles. The molecule has 5 N–H and O–H groups in total. The molecule has 1 aliphatic rings. The summed E-state index contributed by atoms with van der Waals surface area (Å²) >= 11 is 0. The van der Waals surface area contributed by atoms with Gasteiger partial charge in [0.2, 0.25) is 0 Å². The predicted molar refractivity (Wildman–Crippen MR) is 55.4 cm³/mol. The van der Waals surface area contributed by atoms with Crippen molar-refractivity contribution < 1.29 is 5.11 Å².